The van der Waals surface area contributed by atoms with Gasteiger partial charge in [0, 0.05) is 30.5 Å². The van der Waals surface area contributed by atoms with E-state index < -0.39 is 53.8 Å². The molecule has 1 aliphatic heterocycles. The maximum atomic E-state index is 13.3. The molecule has 6 atom stereocenters. The molecule has 1 saturated heterocycles. The lowest BCUT2D eigenvalue weighted by atomic mass is 9.60. The van der Waals surface area contributed by atoms with Gasteiger partial charge < -0.3 is 19.7 Å². The summed E-state index contributed by atoms with van der Waals surface area (Å²) >= 11 is 0. The number of nitrogens with zero attached hydrogens (tertiary/aromatic N) is 2. The van der Waals surface area contributed by atoms with Crippen LogP contribution in [-0.4, -0.2) is 70.1 Å². The maximum absolute atomic E-state index is 13.3. The van der Waals surface area contributed by atoms with E-state index in [0.717, 1.165) is 10.5 Å². The van der Waals surface area contributed by atoms with E-state index in [9.17, 15) is 29.4 Å². The number of carbonyl (C=O) groups excluding carboxylic acids is 4. The molecule has 0 radical (unpaired) electrons. The van der Waals surface area contributed by atoms with Crippen LogP contribution < -0.4 is 5.43 Å². The first kappa shape index (κ1) is 25.8. The van der Waals surface area contributed by atoms with Gasteiger partial charge in [0.1, 0.15) is 6.61 Å². The minimum atomic E-state index is -1.23. The van der Waals surface area contributed by atoms with Crippen LogP contribution in [0.3, 0.4) is 0 Å². The Labute approximate surface area is 208 Å². The fraction of sp³-hybridized carbons (Fsp3) is 0.560. The van der Waals surface area contributed by atoms with Crippen LogP contribution in [0.4, 0.5) is 4.79 Å². The zero-order valence-corrected chi connectivity index (χ0v) is 20.0. The Morgan fingerprint density at radius 3 is 2.53 bits per heavy atom. The van der Waals surface area contributed by atoms with Gasteiger partial charge in [0.2, 0.25) is 11.8 Å². The molecule has 0 unspecified atom stereocenters. The fourth-order valence-electron chi connectivity index (χ4n) is 5.59. The van der Waals surface area contributed by atoms with Gasteiger partial charge >= 0.3 is 12.1 Å². The first-order valence-corrected chi connectivity index (χ1v) is 12.2. The molecule has 11 nitrogen and oxygen atoms in total. The second kappa shape index (κ2) is 11.2. The highest BCUT2D eigenvalue weighted by atomic mass is 16.6. The molecule has 1 aromatic rings. The number of ether oxygens (including phenoxy) is 2. The monoisotopic (exact) mass is 501 g/mol. The molecule has 0 aromatic heterocycles. The average Bonchev–Trinajstić information content (AvgIpc) is 3.12. The first-order valence-electron chi connectivity index (χ1n) is 12.2. The lowest BCUT2D eigenvalue weighted by Gasteiger charge is -2.45. The summed E-state index contributed by atoms with van der Waals surface area (Å²) < 4.78 is 10.1. The summed E-state index contributed by atoms with van der Waals surface area (Å²) in [5, 5.41) is 25.5. The molecule has 11 heteroatoms. The van der Waals surface area contributed by atoms with Crippen molar-refractivity contribution in [2.24, 2.45) is 28.8 Å². The minimum absolute atomic E-state index is 0.0212. The van der Waals surface area contributed by atoms with Gasteiger partial charge in [0.25, 0.3) is 0 Å². The van der Waals surface area contributed by atoms with Crippen molar-refractivity contribution in [3.05, 3.63) is 35.9 Å². The van der Waals surface area contributed by atoms with Gasteiger partial charge in [-0.05, 0) is 25.3 Å². The molecular weight excluding hydrogens is 470 g/mol. The third-order valence-corrected chi connectivity index (χ3v) is 7.22. The van der Waals surface area contributed by atoms with Crippen LogP contribution in [0.1, 0.15) is 38.2 Å². The normalized spacial score (nSPS) is 30.5. The van der Waals surface area contributed by atoms with Crippen LogP contribution in [0.2, 0.25) is 0 Å². The summed E-state index contributed by atoms with van der Waals surface area (Å²) in [7, 11) is 0. The molecule has 3 aliphatic rings. The van der Waals surface area contributed by atoms with Gasteiger partial charge in [-0.15, -0.1) is 0 Å². The van der Waals surface area contributed by atoms with Gasteiger partial charge in [-0.3, -0.25) is 19.3 Å². The summed E-state index contributed by atoms with van der Waals surface area (Å²) in [6, 6.07) is 9.14. The van der Waals surface area contributed by atoms with E-state index in [0.29, 0.717) is 18.6 Å². The van der Waals surface area contributed by atoms with Crippen LogP contribution in [0, 0.1) is 23.7 Å². The van der Waals surface area contributed by atoms with Gasteiger partial charge in [-0.2, -0.15) is 5.10 Å². The van der Waals surface area contributed by atoms with E-state index in [1.165, 1.54) is 0 Å². The van der Waals surface area contributed by atoms with Gasteiger partial charge in [0.15, 0.2) is 0 Å². The highest BCUT2D eigenvalue weighted by Crippen LogP contribution is 2.49. The second-order valence-electron chi connectivity index (χ2n) is 9.32. The van der Waals surface area contributed by atoms with Crippen molar-refractivity contribution in [3.8, 4) is 0 Å². The summed E-state index contributed by atoms with van der Waals surface area (Å²) in [5.41, 5.74) is 3.60. The second-order valence-corrected chi connectivity index (χ2v) is 9.32. The largest absolute Gasteiger partial charge is 0.466 e. The van der Waals surface area contributed by atoms with Crippen LogP contribution in [0.5, 0.6) is 0 Å². The highest BCUT2D eigenvalue weighted by Gasteiger charge is 2.59. The molecule has 0 bridgehead atoms. The van der Waals surface area contributed by atoms with E-state index in [-0.39, 0.29) is 38.5 Å². The number of esters is 1. The van der Waals surface area contributed by atoms with Crippen LogP contribution in [0.25, 0.3) is 0 Å². The summed E-state index contributed by atoms with van der Waals surface area (Å²) in [6.45, 7) is 1.85. The number of fused-ring (bicyclic) bond motifs is 3. The Hall–Kier alpha value is -3.31. The number of rotatable bonds is 7. The molecule has 3 N–H and O–H groups in total. The van der Waals surface area contributed by atoms with Crippen molar-refractivity contribution >= 4 is 29.6 Å². The Kier molecular flexibility index (Phi) is 8.00. The predicted octanol–water partition coefficient (Wildman–Crippen LogP) is 0.975. The molecule has 3 fully saturated rings. The summed E-state index contributed by atoms with van der Waals surface area (Å²) in [6.07, 6.45) is -2.43. The SMILES string of the molecule is CCOC(=O)CCN1C(=O)[C@H]2[C@H]3[C@H](O)[C@H](O)C/C(=N\NC(=O)OCc4ccccc4)[C@@H]3CC[C@H]2C1=O. The Balaban J connectivity index is 1.45. The number of hydrazone groups is 1. The molecular formula is C25H31N3O8. The Morgan fingerprint density at radius 2 is 1.81 bits per heavy atom. The molecule has 0 spiro atoms. The van der Waals surface area contributed by atoms with E-state index in [1.54, 1.807) is 6.92 Å². The number of benzene rings is 1. The van der Waals surface area contributed by atoms with E-state index >= 15 is 0 Å². The minimum Gasteiger partial charge on any atom is -0.466 e. The Morgan fingerprint density at radius 1 is 1.08 bits per heavy atom. The van der Waals surface area contributed by atoms with Crippen molar-refractivity contribution in [1.82, 2.24) is 10.3 Å². The summed E-state index contributed by atoms with van der Waals surface area (Å²) in [5.74, 6) is -3.95. The van der Waals surface area contributed by atoms with Crippen molar-refractivity contribution in [2.45, 2.75) is 51.4 Å². The number of aliphatic hydroxyl groups excluding tert-OH is 2. The quantitative estimate of drug-likeness (QED) is 0.284. The van der Waals surface area contributed by atoms with E-state index in [1.807, 2.05) is 30.3 Å². The standard InChI is InChI=1S/C25H31N3O8/c1-2-35-19(30)10-11-28-23(32)16-9-8-15-17(12-18(29)22(31)20(15)21(16)24(28)33)26-27-25(34)36-13-14-6-4-3-5-7-14/h3-7,15-16,18,20-22,29,31H,2,8-13H2,1H3,(H,27,34)/b26-17+/t15-,16+,18+,20-,21+,22+/m0/s1. The molecule has 36 heavy (non-hydrogen) atoms. The molecule has 1 heterocycles. The summed E-state index contributed by atoms with van der Waals surface area (Å²) in [4.78, 5) is 51.2. The number of likely N-dealkylation sites (tertiary alicyclic amines) is 1. The van der Waals surface area contributed by atoms with Crippen molar-refractivity contribution < 1.29 is 38.9 Å². The average molecular weight is 502 g/mol. The third kappa shape index (κ3) is 5.26. The number of amides is 3. The number of hydrogen-bond donors (Lipinski definition) is 3. The van der Waals surface area contributed by atoms with Crippen molar-refractivity contribution in [2.75, 3.05) is 13.2 Å². The van der Waals surface area contributed by atoms with Crippen molar-refractivity contribution in [3.63, 3.8) is 0 Å². The molecule has 194 valence electrons. The molecule has 4 rings (SSSR count). The van der Waals surface area contributed by atoms with Crippen LogP contribution in [0.15, 0.2) is 35.4 Å². The molecule has 3 amide bonds. The highest BCUT2D eigenvalue weighted by molar-refractivity contribution is 6.06. The van der Waals surface area contributed by atoms with E-state index in [4.69, 9.17) is 9.47 Å². The predicted molar refractivity (Wildman–Crippen MR) is 125 cm³/mol. The third-order valence-electron chi connectivity index (χ3n) is 7.22. The number of hydrogen-bond acceptors (Lipinski definition) is 9. The smallest absolute Gasteiger partial charge is 0.428 e. The van der Waals surface area contributed by atoms with Crippen molar-refractivity contribution in [1.29, 1.82) is 0 Å². The topological polar surface area (TPSA) is 155 Å². The van der Waals surface area contributed by atoms with E-state index in [2.05, 4.69) is 10.5 Å². The van der Waals surface area contributed by atoms with Crippen LogP contribution >= 0.6 is 0 Å². The molecule has 1 aromatic carbocycles. The molecule has 2 saturated carbocycles. The Bertz CT molecular complexity index is 1030. The lowest BCUT2D eigenvalue weighted by Crippen LogP contribution is -2.55. The van der Waals surface area contributed by atoms with Gasteiger partial charge in [-0.1, -0.05) is 30.3 Å². The van der Waals surface area contributed by atoms with Gasteiger partial charge in [0.05, 0.1) is 37.1 Å². The zero-order chi connectivity index (χ0) is 25.8. The molecule has 2 aliphatic carbocycles. The zero-order valence-electron chi connectivity index (χ0n) is 20.0. The van der Waals surface area contributed by atoms with Crippen LogP contribution in [-0.2, 0) is 30.5 Å². The number of aliphatic hydroxyl groups is 2. The number of carbonyl (C=O) groups is 4. The number of nitrogens with one attached hydrogen (secondary N) is 1. The van der Waals surface area contributed by atoms with Gasteiger partial charge in [-0.25, -0.2) is 10.2 Å². The first-order chi connectivity index (χ1) is 17.3. The maximum Gasteiger partial charge on any atom is 0.428 e. The number of imide groups is 1. The lowest BCUT2D eigenvalue weighted by molar-refractivity contribution is -0.145. The fourth-order valence-corrected chi connectivity index (χ4v) is 5.59.